The van der Waals surface area contributed by atoms with Crippen LogP contribution in [0.25, 0.3) is 0 Å². The molecule has 0 saturated carbocycles. The molecule has 0 aliphatic rings. The number of rotatable bonds is 7. The second kappa shape index (κ2) is 8.20. The Kier molecular flexibility index (Phi) is 6.27. The van der Waals surface area contributed by atoms with Crippen LogP contribution in [0.3, 0.4) is 0 Å². The molecule has 0 aliphatic heterocycles. The van der Waals surface area contributed by atoms with E-state index in [4.69, 9.17) is 4.74 Å². The minimum Gasteiger partial charge on any atom is -0.496 e. The zero-order valence-electron chi connectivity index (χ0n) is 12.6. The van der Waals surface area contributed by atoms with Crippen LogP contribution in [0, 0.1) is 0 Å². The van der Waals surface area contributed by atoms with Gasteiger partial charge < -0.3 is 10.1 Å². The molecular weight excluding hydrogens is 326 g/mol. The summed E-state index contributed by atoms with van der Waals surface area (Å²) in [4.78, 5) is 0. The van der Waals surface area contributed by atoms with E-state index in [1.165, 1.54) is 11.1 Å². The van der Waals surface area contributed by atoms with E-state index < -0.39 is 0 Å². The summed E-state index contributed by atoms with van der Waals surface area (Å²) in [5, 5.41) is 3.64. The summed E-state index contributed by atoms with van der Waals surface area (Å²) >= 11 is 3.56. The van der Waals surface area contributed by atoms with Crippen molar-refractivity contribution in [2.45, 2.75) is 25.8 Å². The molecule has 1 atom stereocenters. The summed E-state index contributed by atoms with van der Waals surface area (Å²) in [6, 6.07) is 17.3. The number of nitrogens with one attached hydrogen (secondary N) is 1. The Hall–Kier alpha value is -1.32. The lowest BCUT2D eigenvalue weighted by atomic mass is 9.98. The molecule has 3 heteroatoms. The molecule has 112 valence electrons. The molecule has 0 saturated heterocycles. The number of hydrogen-bond donors (Lipinski definition) is 1. The van der Waals surface area contributed by atoms with E-state index in [1.807, 2.05) is 6.07 Å². The lowest BCUT2D eigenvalue weighted by Crippen LogP contribution is -2.24. The first-order valence-electron chi connectivity index (χ1n) is 7.35. The van der Waals surface area contributed by atoms with E-state index >= 15 is 0 Å². The fourth-order valence-electron chi connectivity index (χ4n) is 2.38. The molecule has 0 aromatic heterocycles. The van der Waals surface area contributed by atoms with Crippen LogP contribution in [0.2, 0.25) is 0 Å². The first kappa shape index (κ1) is 16.1. The second-order valence-electron chi connectivity index (χ2n) is 5.09. The largest absolute Gasteiger partial charge is 0.496 e. The van der Waals surface area contributed by atoms with Crippen LogP contribution >= 0.6 is 15.9 Å². The van der Waals surface area contributed by atoms with Gasteiger partial charge in [0.1, 0.15) is 5.75 Å². The van der Waals surface area contributed by atoms with Gasteiger partial charge in [0.2, 0.25) is 0 Å². The van der Waals surface area contributed by atoms with Crippen LogP contribution in [0.1, 0.15) is 30.5 Å². The molecule has 2 rings (SSSR count). The zero-order chi connectivity index (χ0) is 15.1. The van der Waals surface area contributed by atoms with E-state index in [9.17, 15) is 0 Å². The minimum absolute atomic E-state index is 0.339. The van der Waals surface area contributed by atoms with Crippen LogP contribution in [0.5, 0.6) is 5.75 Å². The van der Waals surface area contributed by atoms with Crippen molar-refractivity contribution < 1.29 is 4.74 Å². The molecular formula is C18H22BrNO. The van der Waals surface area contributed by atoms with E-state index in [-0.39, 0.29) is 0 Å². The van der Waals surface area contributed by atoms with Gasteiger partial charge in [0.25, 0.3) is 0 Å². The van der Waals surface area contributed by atoms with Crippen molar-refractivity contribution in [1.82, 2.24) is 5.32 Å². The van der Waals surface area contributed by atoms with Crippen molar-refractivity contribution in [1.29, 1.82) is 0 Å². The summed E-state index contributed by atoms with van der Waals surface area (Å²) < 4.78 is 6.30. The molecule has 1 unspecified atom stereocenters. The maximum absolute atomic E-state index is 5.29. The smallest absolute Gasteiger partial charge is 0.133 e. The van der Waals surface area contributed by atoms with Gasteiger partial charge in [0.15, 0.2) is 0 Å². The third-order valence-corrected chi connectivity index (χ3v) is 4.12. The molecule has 2 nitrogen and oxygen atoms in total. The van der Waals surface area contributed by atoms with Gasteiger partial charge in [-0.25, -0.2) is 0 Å². The van der Waals surface area contributed by atoms with Crippen LogP contribution in [-0.4, -0.2) is 13.7 Å². The Bertz CT molecular complexity index is 556. The lowest BCUT2D eigenvalue weighted by Gasteiger charge is -2.19. The third kappa shape index (κ3) is 4.58. The Morgan fingerprint density at radius 1 is 1.14 bits per heavy atom. The summed E-state index contributed by atoms with van der Waals surface area (Å²) in [5.41, 5.74) is 2.62. The normalized spacial score (nSPS) is 12.1. The highest BCUT2D eigenvalue weighted by atomic mass is 79.9. The standard InChI is InChI=1S/C18H22BrNO/c1-3-11-20-17(15-7-5-4-6-8-15)13-14-9-10-18(21-2)16(19)12-14/h4-10,12,17,20H,3,11,13H2,1-2H3. The van der Waals surface area contributed by atoms with E-state index in [0.717, 1.165) is 29.6 Å². The molecule has 2 aromatic rings. The first-order valence-corrected chi connectivity index (χ1v) is 8.14. The lowest BCUT2D eigenvalue weighted by molar-refractivity contribution is 0.412. The predicted octanol–water partition coefficient (Wildman–Crippen LogP) is 4.74. The average Bonchev–Trinajstić information content (AvgIpc) is 2.52. The molecule has 1 N–H and O–H groups in total. The summed E-state index contributed by atoms with van der Waals surface area (Å²) in [6.45, 7) is 3.22. The first-order chi connectivity index (χ1) is 10.2. The third-order valence-electron chi connectivity index (χ3n) is 3.50. The molecule has 0 aliphatic carbocycles. The summed E-state index contributed by atoms with van der Waals surface area (Å²) in [7, 11) is 1.69. The highest BCUT2D eigenvalue weighted by Crippen LogP contribution is 2.27. The number of ether oxygens (including phenoxy) is 1. The molecule has 0 spiro atoms. The zero-order valence-corrected chi connectivity index (χ0v) is 14.2. The number of halogens is 1. The number of benzene rings is 2. The molecule has 0 heterocycles. The molecule has 0 fully saturated rings. The van der Waals surface area contributed by atoms with Gasteiger partial charge in [-0.3, -0.25) is 0 Å². The van der Waals surface area contributed by atoms with Crippen LogP contribution in [0.4, 0.5) is 0 Å². The van der Waals surface area contributed by atoms with Crippen molar-refractivity contribution in [3.05, 3.63) is 64.1 Å². The van der Waals surface area contributed by atoms with Gasteiger partial charge in [-0.15, -0.1) is 0 Å². The monoisotopic (exact) mass is 347 g/mol. The van der Waals surface area contributed by atoms with Crippen molar-refractivity contribution in [2.24, 2.45) is 0 Å². The van der Waals surface area contributed by atoms with Crippen molar-refractivity contribution >= 4 is 15.9 Å². The molecule has 2 aromatic carbocycles. The van der Waals surface area contributed by atoms with Gasteiger partial charge >= 0.3 is 0 Å². The van der Waals surface area contributed by atoms with Gasteiger partial charge in [-0.1, -0.05) is 43.3 Å². The maximum atomic E-state index is 5.29. The van der Waals surface area contributed by atoms with Gasteiger partial charge in [-0.05, 0) is 58.6 Å². The molecule has 0 radical (unpaired) electrons. The Labute approximate surface area is 135 Å². The van der Waals surface area contributed by atoms with E-state index in [2.05, 4.69) is 70.6 Å². The Balaban J connectivity index is 2.16. The van der Waals surface area contributed by atoms with Gasteiger partial charge in [0.05, 0.1) is 11.6 Å². The highest BCUT2D eigenvalue weighted by Gasteiger charge is 2.12. The van der Waals surface area contributed by atoms with E-state index in [0.29, 0.717) is 6.04 Å². The molecule has 21 heavy (non-hydrogen) atoms. The Morgan fingerprint density at radius 3 is 2.52 bits per heavy atom. The fourth-order valence-corrected chi connectivity index (χ4v) is 2.97. The van der Waals surface area contributed by atoms with Crippen LogP contribution in [-0.2, 0) is 6.42 Å². The Morgan fingerprint density at radius 2 is 1.90 bits per heavy atom. The summed E-state index contributed by atoms with van der Waals surface area (Å²) in [6.07, 6.45) is 2.10. The topological polar surface area (TPSA) is 21.3 Å². The SMILES string of the molecule is CCCNC(Cc1ccc(OC)c(Br)c1)c1ccccc1. The van der Waals surface area contributed by atoms with Crippen LogP contribution < -0.4 is 10.1 Å². The minimum atomic E-state index is 0.339. The number of hydrogen-bond acceptors (Lipinski definition) is 2. The fraction of sp³-hybridized carbons (Fsp3) is 0.333. The second-order valence-corrected chi connectivity index (χ2v) is 5.94. The quantitative estimate of drug-likeness (QED) is 0.780. The van der Waals surface area contributed by atoms with E-state index in [1.54, 1.807) is 7.11 Å². The molecule has 0 bridgehead atoms. The van der Waals surface area contributed by atoms with Crippen molar-refractivity contribution in [2.75, 3.05) is 13.7 Å². The van der Waals surface area contributed by atoms with Crippen LogP contribution in [0.15, 0.2) is 53.0 Å². The molecule has 0 amide bonds. The average molecular weight is 348 g/mol. The maximum Gasteiger partial charge on any atom is 0.133 e. The van der Waals surface area contributed by atoms with Crippen molar-refractivity contribution in [3.63, 3.8) is 0 Å². The van der Waals surface area contributed by atoms with Gasteiger partial charge in [-0.2, -0.15) is 0 Å². The van der Waals surface area contributed by atoms with Crippen molar-refractivity contribution in [3.8, 4) is 5.75 Å². The van der Waals surface area contributed by atoms with Gasteiger partial charge in [0, 0.05) is 6.04 Å². The summed E-state index contributed by atoms with van der Waals surface area (Å²) in [5.74, 6) is 0.872. The predicted molar refractivity (Wildman–Crippen MR) is 91.9 cm³/mol. The number of methoxy groups -OCH3 is 1. The highest BCUT2D eigenvalue weighted by molar-refractivity contribution is 9.10.